The molecule has 188 valence electrons. The van der Waals surface area contributed by atoms with E-state index in [-0.39, 0.29) is 17.2 Å². The molecule has 2 heterocycles. The van der Waals surface area contributed by atoms with Crippen LogP contribution in [-0.2, 0) is 4.79 Å². The van der Waals surface area contributed by atoms with Crippen LogP contribution in [0.4, 0.5) is 5.69 Å². The third-order valence-corrected chi connectivity index (χ3v) is 7.01. The number of halogens is 1. The molecule has 5 rings (SSSR count). The predicted molar refractivity (Wildman–Crippen MR) is 148 cm³/mol. The number of thioether (sulfide) groups is 1. The maximum absolute atomic E-state index is 13.8. The first-order chi connectivity index (χ1) is 17.9. The SMILES string of the molecule is COc1ccc(Cl)cc1NC(=O)CSc1nc2c([nH]c3ccccc32)c(=O)n1-c1cc(C)ccc1OC. The van der Waals surface area contributed by atoms with Crippen molar-refractivity contribution in [2.45, 2.75) is 12.1 Å². The van der Waals surface area contributed by atoms with Gasteiger partial charge in [0.2, 0.25) is 5.91 Å². The summed E-state index contributed by atoms with van der Waals surface area (Å²) in [6, 6.07) is 18.1. The van der Waals surface area contributed by atoms with Crippen molar-refractivity contribution in [3.8, 4) is 17.2 Å². The van der Waals surface area contributed by atoms with Gasteiger partial charge in [0.05, 0.1) is 31.3 Å². The van der Waals surface area contributed by atoms with E-state index in [0.717, 1.165) is 28.2 Å². The molecule has 0 radical (unpaired) electrons. The lowest BCUT2D eigenvalue weighted by Crippen LogP contribution is -2.23. The van der Waals surface area contributed by atoms with Crippen molar-refractivity contribution in [2.75, 3.05) is 25.3 Å². The lowest BCUT2D eigenvalue weighted by Gasteiger charge is -2.16. The van der Waals surface area contributed by atoms with Crippen molar-refractivity contribution < 1.29 is 14.3 Å². The van der Waals surface area contributed by atoms with Gasteiger partial charge in [0.1, 0.15) is 22.5 Å². The Hall–Kier alpha value is -3.95. The number of hydrogen-bond donors (Lipinski definition) is 2. The Morgan fingerprint density at radius 3 is 2.62 bits per heavy atom. The van der Waals surface area contributed by atoms with E-state index in [1.54, 1.807) is 31.4 Å². The van der Waals surface area contributed by atoms with Crippen molar-refractivity contribution in [3.63, 3.8) is 0 Å². The second kappa shape index (κ2) is 10.2. The fourth-order valence-corrected chi connectivity index (χ4v) is 5.09. The number of carbonyl (C=O) groups excluding carboxylic acids is 1. The largest absolute Gasteiger partial charge is 0.495 e. The van der Waals surface area contributed by atoms with Gasteiger partial charge >= 0.3 is 0 Å². The number of aromatic amines is 1. The number of carbonyl (C=O) groups is 1. The Labute approximate surface area is 221 Å². The lowest BCUT2D eigenvalue weighted by molar-refractivity contribution is -0.113. The molecule has 1 amide bonds. The van der Waals surface area contributed by atoms with Gasteiger partial charge in [-0.2, -0.15) is 0 Å². The monoisotopic (exact) mass is 534 g/mol. The fourth-order valence-electron chi connectivity index (χ4n) is 4.12. The van der Waals surface area contributed by atoms with Gasteiger partial charge in [-0.1, -0.05) is 47.6 Å². The third kappa shape index (κ3) is 4.75. The molecule has 8 nitrogen and oxygen atoms in total. The summed E-state index contributed by atoms with van der Waals surface area (Å²) in [5.41, 5.74) is 3.38. The van der Waals surface area contributed by atoms with Gasteiger partial charge < -0.3 is 19.8 Å². The minimum absolute atomic E-state index is 0.00982. The number of ether oxygens (including phenoxy) is 2. The van der Waals surface area contributed by atoms with Crippen molar-refractivity contribution in [1.82, 2.24) is 14.5 Å². The molecule has 0 bridgehead atoms. The first-order valence-electron chi connectivity index (χ1n) is 11.3. The quantitative estimate of drug-likeness (QED) is 0.209. The van der Waals surface area contributed by atoms with Gasteiger partial charge in [-0.3, -0.25) is 9.59 Å². The maximum atomic E-state index is 13.8. The number of benzene rings is 3. The number of aryl methyl sites for hydroxylation is 1. The zero-order valence-corrected chi connectivity index (χ0v) is 21.9. The number of hydrogen-bond acceptors (Lipinski definition) is 6. The molecule has 0 saturated carbocycles. The summed E-state index contributed by atoms with van der Waals surface area (Å²) in [4.78, 5) is 34.8. The Morgan fingerprint density at radius 1 is 1.08 bits per heavy atom. The smallest absolute Gasteiger partial charge is 0.283 e. The zero-order valence-electron chi connectivity index (χ0n) is 20.3. The van der Waals surface area contributed by atoms with Crippen molar-refractivity contribution in [1.29, 1.82) is 0 Å². The van der Waals surface area contributed by atoms with E-state index in [2.05, 4.69) is 10.3 Å². The summed E-state index contributed by atoms with van der Waals surface area (Å²) < 4.78 is 12.4. The van der Waals surface area contributed by atoms with Gasteiger partial charge in [0, 0.05) is 15.9 Å². The number of aromatic nitrogens is 3. The van der Waals surface area contributed by atoms with Crippen LogP contribution in [0.3, 0.4) is 0 Å². The van der Waals surface area contributed by atoms with E-state index in [1.165, 1.54) is 11.7 Å². The molecule has 3 aromatic carbocycles. The van der Waals surface area contributed by atoms with Crippen LogP contribution in [0.5, 0.6) is 11.5 Å². The molecule has 0 unspecified atom stereocenters. The van der Waals surface area contributed by atoms with Crippen LogP contribution >= 0.6 is 23.4 Å². The second-order valence-electron chi connectivity index (χ2n) is 8.29. The van der Waals surface area contributed by atoms with E-state index in [0.29, 0.717) is 44.1 Å². The summed E-state index contributed by atoms with van der Waals surface area (Å²) in [6.45, 7) is 1.93. The van der Waals surface area contributed by atoms with Gasteiger partial charge in [-0.15, -0.1) is 0 Å². The van der Waals surface area contributed by atoms with Crippen LogP contribution in [0.15, 0.2) is 70.6 Å². The highest BCUT2D eigenvalue weighted by atomic mass is 35.5. The Balaban J connectivity index is 1.59. The van der Waals surface area contributed by atoms with Crippen molar-refractivity contribution in [3.05, 3.63) is 81.6 Å². The molecule has 0 atom stereocenters. The van der Waals surface area contributed by atoms with E-state index >= 15 is 0 Å². The molecule has 0 aliphatic rings. The summed E-state index contributed by atoms with van der Waals surface area (Å²) in [7, 11) is 3.06. The van der Waals surface area contributed by atoms with Gasteiger partial charge in [0.15, 0.2) is 5.16 Å². The minimum Gasteiger partial charge on any atom is -0.495 e. The van der Waals surface area contributed by atoms with Crippen LogP contribution < -0.4 is 20.3 Å². The molecule has 37 heavy (non-hydrogen) atoms. The molecular formula is C27H23ClN4O4S. The molecule has 2 aromatic heterocycles. The highest BCUT2D eigenvalue weighted by Crippen LogP contribution is 2.31. The van der Waals surface area contributed by atoms with Crippen LogP contribution in [0.2, 0.25) is 5.02 Å². The van der Waals surface area contributed by atoms with Crippen LogP contribution in [-0.4, -0.2) is 40.4 Å². The number of anilines is 1. The molecule has 0 saturated heterocycles. The third-order valence-electron chi connectivity index (χ3n) is 5.84. The molecule has 0 fully saturated rings. The average Bonchev–Trinajstić information content (AvgIpc) is 3.27. The van der Waals surface area contributed by atoms with E-state index in [4.69, 9.17) is 26.1 Å². The number of fused-ring (bicyclic) bond motifs is 3. The standard InChI is InChI=1S/C27H23ClN4O4S/c1-15-8-10-22(36-3)20(12-15)32-26(34)25-24(17-6-4-5-7-18(17)30-25)31-27(32)37-14-23(33)29-19-13-16(28)9-11-21(19)35-2/h4-13,30H,14H2,1-3H3,(H,29,33). The van der Waals surface area contributed by atoms with Crippen LogP contribution in [0.1, 0.15) is 5.56 Å². The van der Waals surface area contributed by atoms with Crippen molar-refractivity contribution >= 4 is 56.9 Å². The summed E-state index contributed by atoms with van der Waals surface area (Å²) >= 11 is 7.24. The molecule has 5 aromatic rings. The first kappa shape index (κ1) is 24.7. The number of para-hydroxylation sites is 1. The number of nitrogens with zero attached hydrogens (tertiary/aromatic N) is 2. The highest BCUT2D eigenvalue weighted by Gasteiger charge is 2.20. The minimum atomic E-state index is -0.304. The number of nitrogens with one attached hydrogen (secondary N) is 2. The first-order valence-corrected chi connectivity index (χ1v) is 12.7. The van der Waals surface area contributed by atoms with Crippen LogP contribution in [0, 0.1) is 6.92 Å². The van der Waals surface area contributed by atoms with Gasteiger partial charge in [-0.25, -0.2) is 9.55 Å². The topological polar surface area (TPSA) is 98.2 Å². The molecule has 10 heteroatoms. The number of methoxy groups -OCH3 is 2. The molecule has 0 spiro atoms. The summed E-state index contributed by atoms with van der Waals surface area (Å²) in [5, 5.41) is 4.48. The van der Waals surface area contributed by atoms with Gasteiger partial charge in [0.25, 0.3) is 5.56 Å². The molecule has 2 N–H and O–H groups in total. The fraction of sp³-hybridized carbons (Fsp3) is 0.148. The average molecular weight is 535 g/mol. The highest BCUT2D eigenvalue weighted by molar-refractivity contribution is 7.99. The zero-order chi connectivity index (χ0) is 26.1. The molecule has 0 aliphatic heterocycles. The number of H-pyrrole nitrogens is 1. The summed E-state index contributed by atoms with van der Waals surface area (Å²) in [5.74, 6) is 0.688. The normalized spacial score (nSPS) is 11.1. The van der Waals surface area contributed by atoms with E-state index < -0.39 is 0 Å². The van der Waals surface area contributed by atoms with E-state index in [9.17, 15) is 9.59 Å². The molecule has 0 aliphatic carbocycles. The Morgan fingerprint density at radius 2 is 1.84 bits per heavy atom. The molecular weight excluding hydrogens is 512 g/mol. The second-order valence-corrected chi connectivity index (χ2v) is 9.66. The van der Waals surface area contributed by atoms with E-state index in [1.807, 2.05) is 43.3 Å². The van der Waals surface area contributed by atoms with Gasteiger partial charge in [-0.05, 0) is 48.9 Å². The Kier molecular flexibility index (Phi) is 6.82. The Bertz CT molecular complexity index is 1710. The lowest BCUT2D eigenvalue weighted by atomic mass is 10.2. The maximum Gasteiger partial charge on any atom is 0.283 e. The number of amides is 1. The summed E-state index contributed by atoms with van der Waals surface area (Å²) in [6.07, 6.45) is 0. The predicted octanol–water partition coefficient (Wildman–Crippen LogP) is 5.58. The van der Waals surface area contributed by atoms with Crippen molar-refractivity contribution in [2.24, 2.45) is 0 Å². The van der Waals surface area contributed by atoms with Crippen LogP contribution in [0.25, 0.3) is 27.6 Å². The number of rotatable bonds is 7.